The van der Waals surface area contributed by atoms with E-state index in [0.717, 1.165) is 0 Å². The molecule has 0 unspecified atom stereocenters. The number of methoxy groups -OCH3 is 2. The number of hydrogen-bond acceptors (Lipinski definition) is 6. The van der Waals surface area contributed by atoms with Gasteiger partial charge in [-0.05, 0) is 66.2 Å². The molecule has 172 valence electrons. The Hall–Kier alpha value is -3.99. The third-order valence-electron chi connectivity index (χ3n) is 4.53. The first-order chi connectivity index (χ1) is 16.3. The molecule has 0 saturated heterocycles. The van der Waals surface area contributed by atoms with Crippen LogP contribution in [-0.2, 0) is 4.79 Å². The monoisotopic (exact) mass is 496 g/mol. The molecule has 0 saturated carbocycles. The minimum atomic E-state index is -0.648. The van der Waals surface area contributed by atoms with Gasteiger partial charge in [0.1, 0.15) is 17.4 Å². The predicted molar refractivity (Wildman–Crippen MR) is 130 cm³/mol. The lowest BCUT2D eigenvalue weighted by Gasteiger charge is -2.12. The van der Waals surface area contributed by atoms with E-state index in [0.29, 0.717) is 22.0 Å². The minimum Gasteiger partial charge on any atom is -0.497 e. The summed E-state index contributed by atoms with van der Waals surface area (Å²) in [6.07, 6.45) is 1.34. The molecule has 0 heterocycles. The number of ether oxygens (including phenoxy) is 3. The van der Waals surface area contributed by atoms with Crippen molar-refractivity contribution in [1.29, 1.82) is 5.26 Å². The highest BCUT2D eigenvalue weighted by atomic mass is 35.5. The van der Waals surface area contributed by atoms with E-state index in [1.165, 1.54) is 32.4 Å². The maximum Gasteiger partial charge on any atom is 0.343 e. The Morgan fingerprint density at radius 2 is 1.74 bits per heavy atom. The number of carbonyl (C=O) groups is 2. The van der Waals surface area contributed by atoms with Crippen LogP contribution >= 0.6 is 23.2 Å². The van der Waals surface area contributed by atoms with Crippen molar-refractivity contribution in [3.05, 3.63) is 87.4 Å². The third-order valence-corrected chi connectivity index (χ3v) is 5.05. The number of carbonyl (C=O) groups excluding carboxylic acids is 2. The van der Waals surface area contributed by atoms with E-state index in [1.54, 1.807) is 48.5 Å². The van der Waals surface area contributed by atoms with E-state index < -0.39 is 11.9 Å². The first kappa shape index (κ1) is 24.6. The van der Waals surface area contributed by atoms with Gasteiger partial charge in [-0.2, -0.15) is 5.26 Å². The summed E-state index contributed by atoms with van der Waals surface area (Å²) in [5.41, 5.74) is 0.937. The SMILES string of the molecule is COc1ccc(C(=O)Oc2c(Cl)cc(/C=C(\C#N)C(=O)Nc3cccc(Cl)c3)cc2OC)cc1. The van der Waals surface area contributed by atoms with Gasteiger partial charge in [0.25, 0.3) is 5.91 Å². The van der Waals surface area contributed by atoms with E-state index in [2.05, 4.69) is 5.32 Å². The summed E-state index contributed by atoms with van der Waals surface area (Å²) in [7, 11) is 2.90. The summed E-state index contributed by atoms with van der Waals surface area (Å²) in [6, 6.07) is 17.7. The van der Waals surface area contributed by atoms with Crippen LogP contribution in [0.25, 0.3) is 6.08 Å². The topological polar surface area (TPSA) is 97.7 Å². The molecule has 0 radical (unpaired) electrons. The highest BCUT2D eigenvalue weighted by Crippen LogP contribution is 2.37. The maximum absolute atomic E-state index is 12.5. The van der Waals surface area contributed by atoms with E-state index >= 15 is 0 Å². The molecule has 0 aliphatic carbocycles. The highest BCUT2D eigenvalue weighted by Gasteiger charge is 2.18. The summed E-state index contributed by atoms with van der Waals surface area (Å²) < 4.78 is 15.8. The standard InChI is InChI=1S/C25H18Cl2N2O5/c1-32-20-8-6-16(7-9-20)25(31)34-23-21(27)11-15(12-22(23)33-2)10-17(14-28)24(30)29-19-5-3-4-18(26)13-19/h3-13H,1-2H3,(H,29,30)/b17-10+. The number of esters is 1. The smallest absolute Gasteiger partial charge is 0.343 e. The molecule has 1 N–H and O–H groups in total. The van der Waals surface area contributed by atoms with Crippen molar-refractivity contribution in [3.63, 3.8) is 0 Å². The number of nitrogens with one attached hydrogen (secondary N) is 1. The van der Waals surface area contributed by atoms with Gasteiger partial charge in [-0.3, -0.25) is 4.79 Å². The van der Waals surface area contributed by atoms with Crippen molar-refractivity contribution >= 4 is 46.8 Å². The zero-order chi connectivity index (χ0) is 24.7. The molecule has 3 aromatic rings. The number of halogens is 2. The second kappa shape index (κ2) is 11.2. The number of nitriles is 1. The van der Waals surface area contributed by atoms with Crippen molar-refractivity contribution in [2.45, 2.75) is 0 Å². The van der Waals surface area contributed by atoms with Crippen LogP contribution in [0.15, 0.2) is 66.2 Å². The Morgan fingerprint density at radius 3 is 2.35 bits per heavy atom. The number of nitrogens with zero attached hydrogens (tertiary/aromatic N) is 1. The van der Waals surface area contributed by atoms with Crippen LogP contribution in [0, 0.1) is 11.3 Å². The van der Waals surface area contributed by atoms with Crippen molar-refractivity contribution in [1.82, 2.24) is 0 Å². The van der Waals surface area contributed by atoms with Crippen molar-refractivity contribution < 1.29 is 23.8 Å². The Bertz CT molecular complexity index is 1300. The second-order valence-electron chi connectivity index (χ2n) is 6.79. The fourth-order valence-corrected chi connectivity index (χ4v) is 3.33. The average molecular weight is 497 g/mol. The first-order valence-electron chi connectivity index (χ1n) is 9.77. The molecule has 0 atom stereocenters. The molecule has 0 bridgehead atoms. The highest BCUT2D eigenvalue weighted by molar-refractivity contribution is 6.32. The molecule has 7 nitrogen and oxygen atoms in total. The Morgan fingerprint density at radius 1 is 1.00 bits per heavy atom. The zero-order valence-corrected chi connectivity index (χ0v) is 19.6. The lowest BCUT2D eigenvalue weighted by molar-refractivity contribution is -0.112. The first-order valence-corrected chi connectivity index (χ1v) is 10.5. The van der Waals surface area contributed by atoms with E-state index in [-0.39, 0.29) is 27.7 Å². The van der Waals surface area contributed by atoms with Gasteiger partial charge in [-0.15, -0.1) is 0 Å². The van der Waals surface area contributed by atoms with Gasteiger partial charge in [-0.25, -0.2) is 4.79 Å². The van der Waals surface area contributed by atoms with Gasteiger partial charge >= 0.3 is 5.97 Å². The summed E-state index contributed by atoms with van der Waals surface area (Å²) in [4.78, 5) is 25.1. The molecule has 3 aromatic carbocycles. The van der Waals surface area contributed by atoms with Crippen LogP contribution in [0.2, 0.25) is 10.0 Å². The fourth-order valence-electron chi connectivity index (χ4n) is 2.88. The number of anilines is 1. The molecule has 0 fully saturated rings. The van der Waals surface area contributed by atoms with E-state index in [4.69, 9.17) is 37.4 Å². The molecule has 3 rings (SSSR count). The van der Waals surface area contributed by atoms with Gasteiger partial charge in [0.15, 0.2) is 11.5 Å². The quantitative estimate of drug-likeness (QED) is 0.193. The summed E-state index contributed by atoms with van der Waals surface area (Å²) >= 11 is 12.3. The molecule has 34 heavy (non-hydrogen) atoms. The molecular weight excluding hydrogens is 479 g/mol. The predicted octanol–water partition coefficient (Wildman–Crippen LogP) is 5.78. The average Bonchev–Trinajstić information content (AvgIpc) is 2.83. The van der Waals surface area contributed by atoms with Crippen LogP contribution in [0.4, 0.5) is 5.69 Å². The van der Waals surface area contributed by atoms with E-state index in [1.807, 2.05) is 6.07 Å². The van der Waals surface area contributed by atoms with Gasteiger partial charge in [0, 0.05) is 10.7 Å². The van der Waals surface area contributed by atoms with Gasteiger partial charge in [-0.1, -0.05) is 29.3 Å². The zero-order valence-electron chi connectivity index (χ0n) is 18.1. The Labute approximate surface area is 206 Å². The van der Waals surface area contributed by atoms with Crippen molar-refractivity contribution in [2.24, 2.45) is 0 Å². The lowest BCUT2D eigenvalue weighted by atomic mass is 10.1. The minimum absolute atomic E-state index is 0.00372. The van der Waals surface area contributed by atoms with Crippen LogP contribution in [0.5, 0.6) is 17.2 Å². The molecule has 1 amide bonds. The molecule has 0 aliphatic rings. The maximum atomic E-state index is 12.5. The van der Waals surface area contributed by atoms with Gasteiger partial charge in [0.2, 0.25) is 0 Å². The molecule has 0 aliphatic heterocycles. The largest absolute Gasteiger partial charge is 0.497 e. The summed E-state index contributed by atoms with van der Waals surface area (Å²) in [5.74, 6) is -0.534. The van der Waals surface area contributed by atoms with Crippen LogP contribution in [0.3, 0.4) is 0 Å². The Balaban J connectivity index is 1.84. The van der Waals surface area contributed by atoms with Gasteiger partial charge in [0.05, 0.1) is 24.8 Å². The molecule has 9 heteroatoms. The van der Waals surface area contributed by atoms with Crippen molar-refractivity contribution in [2.75, 3.05) is 19.5 Å². The molecule has 0 spiro atoms. The van der Waals surface area contributed by atoms with Crippen molar-refractivity contribution in [3.8, 4) is 23.3 Å². The van der Waals surface area contributed by atoms with Crippen LogP contribution in [0.1, 0.15) is 15.9 Å². The molecule has 0 aromatic heterocycles. The van der Waals surface area contributed by atoms with Gasteiger partial charge < -0.3 is 19.5 Å². The van der Waals surface area contributed by atoms with E-state index in [9.17, 15) is 14.9 Å². The van der Waals surface area contributed by atoms with Crippen LogP contribution < -0.4 is 19.5 Å². The summed E-state index contributed by atoms with van der Waals surface area (Å²) in [6.45, 7) is 0. The number of benzene rings is 3. The number of hydrogen-bond donors (Lipinski definition) is 1. The third kappa shape index (κ3) is 6.07. The Kier molecular flexibility index (Phi) is 8.14. The second-order valence-corrected chi connectivity index (χ2v) is 7.63. The molecular formula is C25H18Cl2N2O5. The fraction of sp³-hybridized carbons (Fsp3) is 0.0800. The number of rotatable bonds is 7. The lowest BCUT2D eigenvalue weighted by Crippen LogP contribution is -2.13. The van der Waals surface area contributed by atoms with Crippen LogP contribution in [-0.4, -0.2) is 26.1 Å². The number of amides is 1. The normalized spacial score (nSPS) is 10.7. The summed E-state index contributed by atoms with van der Waals surface area (Å²) in [5, 5.41) is 12.6.